The minimum Gasteiger partial charge on any atom is -0.508 e. The second-order valence-electron chi connectivity index (χ2n) is 4.83. The van der Waals surface area contributed by atoms with Gasteiger partial charge in [0.1, 0.15) is 5.75 Å². The van der Waals surface area contributed by atoms with Gasteiger partial charge in [0.25, 0.3) is 5.91 Å². The molecule has 0 heterocycles. The minimum atomic E-state index is -0.102. The molecule has 18 heavy (non-hydrogen) atoms. The largest absolute Gasteiger partial charge is 0.508 e. The van der Waals surface area contributed by atoms with Crippen molar-refractivity contribution in [1.29, 1.82) is 0 Å². The van der Waals surface area contributed by atoms with Gasteiger partial charge in [-0.3, -0.25) is 4.79 Å². The van der Waals surface area contributed by atoms with Gasteiger partial charge in [0.05, 0.1) is 0 Å². The molecule has 0 saturated heterocycles. The number of phenolic OH excluding ortho intramolecular Hbond substituents is 1. The zero-order chi connectivity index (χ0) is 13.7. The molecule has 1 rings (SSSR count). The van der Waals surface area contributed by atoms with Crippen molar-refractivity contribution in [2.24, 2.45) is 0 Å². The van der Waals surface area contributed by atoms with Crippen LogP contribution in [0.3, 0.4) is 0 Å². The topological polar surface area (TPSA) is 52.6 Å². The lowest BCUT2D eigenvalue weighted by Gasteiger charge is -2.20. The second-order valence-corrected chi connectivity index (χ2v) is 4.83. The fourth-order valence-electron chi connectivity index (χ4n) is 1.50. The number of likely N-dealkylation sites (N-methyl/N-ethyl adjacent to an activating group) is 1. The highest BCUT2D eigenvalue weighted by Gasteiger charge is 2.08. The molecule has 0 saturated carbocycles. The summed E-state index contributed by atoms with van der Waals surface area (Å²) in [4.78, 5) is 14.0. The van der Waals surface area contributed by atoms with Crippen LogP contribution in [0.5, 0.6) is 5.75 Å². The normalized spacial score (nSPS) is 11.0. The molecule has 0 spiro atoms. The Kier molecular flexibility index (Phi) is 5.16. The summed E-state index contributed by atoms with van der Waals surface area (Å²) in [5.74, 6) is 0.112. The Morgan fingerprint density at radius 1 is 1.44 bits per heavy atom. The van der Waals surface area contributed by atoms with E-state index in [2.05, 4.69) is 24.1 Å². The summed E-state index contributed by atoms with van der Waals surface area (Å²) in [7, 11) is 2.03. The van der Waals surface area contributed by atoms with Crippen LogP contribution < -0.4 is 5.32 Å². The highest BCUT2D eigenvalue weighted by Crippen LogP contribution is 2.16. The fourth-order valence-corrected chi connectivity index (χ4v) is 1.50. The van der Waals surface area contributed by atoms with Crippen LogP contribution in [-0.2, 0) is 0 Å². The van der Waals surface area contributed by atoms with Crippen LogP contribution >= 0.6 is 0 Å². The number of hydrogen-bond acceptors (Lipinski definition) is 3. The lowest BCUT2D eigenvalue weighted by Crippen LogP contribution is -2.36. The van der Waals surface area contributed by atoms with Crippen LogP contribution in [0.4, 0.5) is 0 Å². The first-order valence-corrected chi connectivity index (χ1v) is 6.20. The standard InChI is InChI=1S/C14H22N2O2/c1-10(2)16(4)8-7-15-14(18)12-5-6-13(17)11(3)9-12/h5-6,9-10,17H,7-8H2,1-4H3,(H,15,18). The van der Waals surface area contributed by atoms with E-state index in [9.17, 15) is 9.90 Å². The number of carbonyl (C=O) groups is 1. The van der Waals surface area contributed by atoms with E-state index in [-0.39, 0.29) is 11.7 Å². The van der Waals surface area contributed by atoms with Crippen molar-refractivity contribution in [1.82, 2.24) is 10.2 Å². The van der Waals surface area contributed by atoms with E-state index >= 15 is 0 Å². The number of nitrogens with one attached hydrogen (secondary N) is 1. The molecular formula is C14H22N2O2. The Balaban J connectivity index is 2.48. The second kappa shape index (κ2) is 6.40. The lowest BCUT2D eigenvalue weighted by atomic mass is 10.1. The Bertz CT molecular complexity index is 416. The summed E-state index contributed by atoms with van der Waals surface area (Å²) in [5, 5.41) is 12.3. The quantitative estimate of drug-likeness (QED) is 0.837. The van der Waals surface area contributed by atoms with E-state index < -0.39 is 0 Å². The number of carbonyl (C=O) groups excluding carboxylic acids is 1. The molecule has 0 aliphatic carbocycles. The minimum absolute atomic E-state index is 0.102. The van der Waals surface area contributed by atoms with Gasteiger partial charge in [-0.2, -0.15) is 0 Å². The number of nitrogens with zero attached hydrogens (tertiary/aromatic N) is 1. The van der Waals surface area contributed by atoms with Gasteiger partial charge in [0.15, 0.2) is 0 Å². The van der Waals surface area contributed by atoms with Crippen molar-refractivity contribution < 1.29 is 9.90 Å². The lowest BCUT2D eigenvalue weighted by molar-refractivity contribution is 0.0948. The first-order valence-electron chi connectivity index (χ1n) is 6.20. The molecule has 0 atom stereocenters. The van der Waals surface area contributed by atoms with Gasteiger partial charge in [-0.1, -0.05) is 0 Å². The zero-order valence-corrected chi connectivity index (χ0v) is 11.5. The maximum atomic E-state index is 11.8. The molecule has 0 aromatic heterocycles. The summed E-state index contributed by atoms with van der Waals surface area (Å²) in [6, 6.07) is 5.34. The molecule has 1 aromatic rings. The molecule has 1 amide bonds. The summed E-state index contributed by atoms with van der Waals surface area (Å²) < 4.78 is 0. The number of benzene rings is 1. The monoisotopic (exact) mass is 250 g/mol. The predicted octanol–water partition coefficient (Wildman–Crippen LogP) is 1.77. The van der Waals surface area contributed by atoms with Crippen LogP contribution in [0.2, 0.25) is 0 Å². The summed E-state index contributed by atoms with van der Waals surface area (Å²) in [5.41, 5.74) is 1.29. The molecule has 4 heteroatoms. The molecule has 0 aliphatic rings. The van der Waals surface area contributed by atoms with Crippen molar-refractivity contribution in [3.8, 4) is 5.75 Å². The van der Waals surface area contributed by atoms with Crippen molar-refractivity contribution in [2.75, 3.05) is 20.1 Å². The van der Waals surface area contributed by atoms with Crippen LogP contribution in [0.1, 0.15) is 29.8 Å². The Labute approximate surface area is 109 Å². The summed E-state index contributed by atoms with van der Waals surface area (Å²) >= 11 is 0. The first-order chi connectivity index (χ1) is 8.41. The van der Waals surface area contributed by atoms with E-state index in [1.165, 1.54) is 0 Å². The first kappa shape index (κ1) is 14.5. The Morgan fingerprint density at radius 2 is 2.11 bits per heavy atom. The smallest absolute Gasteiger partial charge is 0.251 e. The van der Waals surface area contributed by atoms with Gasteiger partial charge >= 0.3 is 0 Å². The van der Waals surface area contributed by atoms with Gasteiger partial charge in [-0.15, -0.1) is 0 Å². The van der Waals surface area contributed by atoms with Gasteiger partial charge in [-0.05, 0) is 51.6 Å². The average Bonchev–Trinajstić information content (AvgIpc) is 2.32. The maximum Gasteiger partial charge on any atom is 0.251 e. The number of rotatable bonds is 5. The number of hydrogen-bond donors (Lipinski definition) is 2. The van der Waals surface area contributed by atoms with Crippen molar-refractivity contribution in [3.63, 3.8) is 0 Å². The number of aromatic hydroxyl groups is 1. The van der Waals surface area contributed by atoms with Crippen molar-refractivity contribution in [3.05, 3.63) is 29.3 Å². The number of amides is 1. The van der Waals surface area contributed by atoms with Crippen molar-refractivity contribution in [2.45, 2.75) is 26.8 Å². The third-order valence-corrected chi connectivity index (χ3v) is 3.09. The zero-order valence-electron chi connectivity index (χ0n) is 11.5. The third kappa shape index (κ3) is 4.04. The highest BCUT2D eigenvalue weighted by molar-refractivity contribution is 5.94. The van der Waals surface area contributed by atoms with Crippen LogP contribution in [-0.4, -0.2) is 42.1 Å². The third-order valence-electron chi connectivity index (χ3n) is 3.09. The van der Waals surface area contributed by atoms with E-state index in [4.69, 9.17) is 0 Å². The molecule has 0 radical (unpaired) electrons. The molecule has 0 fully saturated rings. The number of aryl methyl sites for hydroxylation is 1. The molecule has 4 nitrogen and oxygen atoms in total. The van der Waals surface area contributed by atoms with Crippen LogP contribution in [0.25, 0.3) is 0 Å². The fraction of sp³-hybridized carbons (Fsp3) is 0.500. The van der Waals surface area contributed by atoms with E-state index in [1.54, 1.807) is 25.1 Å². The molecular weight excluding hydrogens is 228 g/mol. The van der Waals surface area contributed by atoms with Crippen LogP contribution in [0, 0.1) is 6.92 Å². The molecule has 1 aromatic carbocycles. The van der Waals surface area contributed by atoms with Gasteiger partial charge < -0.3 is 15.3 Å². The van der Waals surface area contributed by atoms with Gasteiger partial charge in [0, 0.05) is 24.7 Å². The SMILES string of the molecule is Cc1cc(C(=O)NCCN(C)C(C)C)ccc1O. The van der Waals surface area contributed by atoms with E-state index in [0.717, 1.165) is 6.54 Å². The van der Waals surface area contributed by atoms with Gasteiger partial charge in [-0.25, -0.2) is 0 Å². The average molecular weight is 250 g/mol. The van der Waals surface area contributed by atoms with Crippen LogP contribution in [0.15, 0.2) is 18.2 Å². The van der Waals surface area contributed by atoms with Gasteiger partial charge in [0.2, 0.25) is 0 Å². The molecule has 0 bridgehead atoms. The predicted molar refractivity (Wildman–Crippen MR) is 72.9 cm³/mol. The van der Waals surface area contributed by atoms with E-state index in [1.807, 2.05) is 7.05 Å². The number of phenols is 1. The highest BCUT2D eigenvalue weighted by atomic mass is 16.3. The summed E-state index contributed by atoms with van der Waals surface area (Å²) in [6.07, 6.45) is 0. The van der Waals surface area contributed by atoms with Crippen molar-refractivity contribution >= 4 is 5.91 Å². The molecule has 0 aliphatic heterocycles. The molecule has 2 N–H and O–H groups in total. The van der Waals surface area contributed by atoms with E-state index in [0.29, 0.717) is 23.7 Å². The maximum absolute atomic E-state index is 11.8. The summed E-state index contributed by atoms with van der Waals surface area (Å²) in [6.45, 7) is 7.45. The Hall–Kier alpha value is -1.55. The Morgan fingerprint density at radius 3 is 2.67 bits per heavy atom. The molecule has 0 unspecified atom stereocenters. The molecule has 100 valence electrons.